The summed E-state index contributed by atoms with van der Waals surface area (Å²) in [6, 6.07) is 4.81. The monoisotopic (exact) mass is 260 g/mol. The fraction of sp³-hybridized carbons (Fsp3) is 0.455. The van der Waals surface area contributed by atoms with E-state index in [4.69, 9.17) is 11.6 Å². The van der Waals surface area contributed by atoms with E-state index < -0.39 is 21.4 Å². The minimum Gasteiger partial charge on any atom is -0.390 e. The second-order valence-corrected chi connectivity index (χ2v) is 7.05. The van der Waals surface area contributed by atoms with Crippen LogP contribution >= 0.6 is 11.6 Å². The fourth-order valence-corrected chi connectivity index (χ4v) is 4.50. The number of aliphatic hydroxyl groups is 1. The zero-order chi connectivity index (χ0) is 12.1. The molecule has 1 aromatic rings. The van der Waals surface area contributed by atoms with Gasteiger partial charge in [-0.2, -0.15) is 0 Å². The predicted molar refractivity (Wildman–Crippen MR) is 62.5 cm³/mol. The van der Waals surface area contributed by atoms with Gasteiger partial charge in [0.25, 0.3) is 0 Å². The molecule has 5 heteroatoms. The highest BCUT2D eigenvalue weighted by molar-refractivity contribution is 7.91. The van der Waals surface area contributed by atoms with Gasteiger partial charge in [0, 0.05) is 10.9 Å². The van der Waals surface area contributed by atoms with Gasteiger partial charge in [-0.05, 0) is 31.5 Å². The molecule has 1 aliphatic heterocycles. The van der Waals surface area contributed by atoms with E-state index in [1.807, 2.05) is 0 Å². The molecule has 16 heavy (non-hydrogen) atoms. The summed E-state index contributed by atoms with van der Waals surface area (Å²) in [6.07, 6.45) is 0. The Morgan fingerprint density at radius 1 is 1.44 bits per heavy atom. The number of hydrogen-bond donors (Lipinski definition) is 1. The van der Waals surface area contributed by atoms with Gasteiger partial charge in [-0.15, -0.1) is 0 Å². The molecule has 2 rings (SSSR count). The Bertz CT molecular complexity index is 529. The maximum atomic E-state index is 11.9. The number of halogens is 1. The Morgan fingerprint density at radius 3 is 2.62 bits per heavy atom. The first-order chi connectivity index (χ1) is 7.23. The lowest BCUT2D eigenvalue weighted by atomic mass is 9.86. The van der Waals surface area contributed by atoms with E-state index in [1.54, 1.807) is 32.0 Å². The van der Waals surface area contributed by atoms with Crippen LogP contribution in [0, 0.1) is 0 Å². The molecule has 1 aliphatic rings. The molecule has 1 heterocycles. The lowest BCUT2D eigenvalue weighted by Crippen LogP contribution is -2.30. The fourth-order valence-electron chi connectivity index (χ4n) is 2.08. The molecule has 0 radical (unpaired) electrons. The first-order valence-corrected chi connectivity index (χ1v) is 7.00. The molecule has 0 aromatic heterocycles. The zero-order valence-corrected chi connectivity index (χ0v) is 10.6. The van der Waals surface area contributed by atoms with Crippen molar-refractivity contribution in [2.75, 3.05) is 5.75 Å². The number of rotatable bonds is 1. The van der Waals surface area contributed by atoms with Crippen molar-refractivity contribution in [3.63, 3.8) is 0 Å². The third-order valence-electron chi connectivity index (χ3n) is 2.94. The van der Waals surface area contributed by atoms with Gasteiger partial charge in [-0.1, -0.05) is 17.7 Å². The normalized spacial score (nSPS) is 23.1. The minimum atomic E-state index is -3.30. The molecule has 0 saturated carbocycles. The van der Waals surface area contributed by atoms with Crippen molar-refractivity contribution in [3.8, 4) is 0 Å². The predicted octanol–water partition coefficient (Wildman–Crippen LogP) is 1.98. The van der Waals surface area contributed by atoms with E-state index in [-0.39, 0.29) is 10.6 Å². The number of hydrogen-bond acceptors (Lipinski definition) is 3. The largest absolute Gasteiger partial charge is 0.390 e. The van der Waals surface area contributed by atoms with Crippen LogP contribution in [-0.4, -0.2) is 24.9 Å². The molecule has 0 amide bonds. The summed E-state index contributed by atoms with van der Waals surface area (Å²) in [7, 11) is -3.30. The van der Waals surface area contributed by atoms with Crippen LogP contribution in [0.25, 0.3) is 0 Å². The van der Waals surface area contributed by atoms with Crippen molar-refractivity contribution in [1.29, 1.82) is 0 Å². The molecule has 0 aliphatic carbocycles. The highest BCUT2D eigenvalue weighted by Gasteiger charge is 2.43. The third kappa shape index (κ3) is 1.75. The molecule has 0 bridgehead atoms. The highest BCUT2D eigenvalue weighted by Crippen LogP contribution is 2.44. The molecule has 0 saturated heterocycles. The topological polar surface area (TPSA) is 54.4 Å². The maximum Gasteiger partial charge on any atom is 0.179 e. The first kappa shape index (κ1) is 11.9. The Labute approximate surface area is 100.0 Å². The molecular weight excluding hydrogens is 248 g/mol. The van der Waals surface area contributed by atoms with Crippen molar-refractivity contribution < 1.29 is 13.5 Å². The van der Waals surface area contributed by atoms with E-state index in [9.17, 15) is 13.5 Å². The van der Waals surface area contributed by atoms with E-state index in [0.29, 0.717) is 10.6 Å². The van der Waals surface area contributed by atoms with Crippen LogP contribution in [0.2, 0.25) is 5.02 Å². The summed E-state index contributed by atoms with van der Waals surface area (Å²) in [5.74, 6) is -0.531. The molecular formula is C11H13ClO3S. The van der Waals surface area contributed by atoms with E-state index in [2.05, 4.69) is 0 Å². The van der Waals surface area contributed by atoms with Crippen LogP contribution < -0.4 is 0 Å². The molecule has 88 valence electrons. The van der Waals surface area contributed by atoms with Crippen LogP contribution in [0.4, 0.5) is 0 Å². The van der Waals surface area contributed by atoms with Gasteiger partial charge in [0.2, 0.25) is 0 Å². The third-order valence-corrected chi connectivity index (χ3v) is 5.06. The van der Waals surface area contributed by atoms with Crippen LogP contribution in [-0.2, 0) is 9.84 Å². The van der Waals surface area contributed by atoms with Gasteiger partial charge in [0.15, 0.2) is 9.84 Å². The quantitative estimate of drug-likeness (QED) is 0.840. The van der Waals surface area contributed by atoms with Crippen molar-refractivity contribution >= 4 is 21.4 Å². The average molecular weight is 261 g/mol. The van der Waals surface area contributed by atoms with Crippen LogP contribution in [0.1, 0.15) is 25.3 Å². The Hall–Kier alpha value is -0.580. The van der Waals surface area contributed by atoms with Crippen molar-refractivity contribution in [2.45, 2.75) is 30.3 Å². The Balaban J connectivity index is 2.71. The molecule has 1 unspecified atom stereocenters. The summed E-state index contributed by atoms with van der Waals surface area (Å²) in [5, 5.41) is 10.4. The molecule has 0 spiro atoms. The van der Waals surface area contributed by atoms with Gasteiger partial charge >= 0.3 is 0 Å². The Kier molecular flexibility index (Phi) is 2.57. The van der Waals surface area contributed by atoms with E-state index in [1.165, 1.54) is 0 Å². The van der Waals surface area contributed by atoms with Gasteiger partial charge < -0.3 is 5.11 Å². The minimum absolute atomic E-state index is 0.0738. The van der Waals surface area contributed by atoms with E-state index >= 15 is 0 Å². The molecule has 1 atom stereocenters. The van der Waals surface area contributed by atoms with Crippen LogP contribution in [0.15, 0.2) is 23.1 Å². The van der Waals surface area contributed by atoms with Gasteiger partial charge in [-0.25, -0.2) is 8.42 Å². The van der Waals surface area contributed by atoms with Gasteiger partial charge in [0.1, 0.15) is 0 Å². The van der Waals surface area contributed by atoms with Crippen molar-refractivity contribution in [1.82, 2.24) is 0 Å². The molecule has 1 N–H and O–H groups in total. The summed E-state index contributed by atoms with van der Waals surface area (Å²) in [6.45, 7) is 3.21. The SMILES string of the molecule is CC(C)(O)C1CS(=O)(=O)c2cccc(Cl)c21. The summed E-state index contributed by atoms with van der Waals surface area (Å²) < 4.78 is 23.8. The molecule has 3 nitrogen and oxygen atoms in total. The van der Waals surface area contributed by atoms with Crippen molar-refractivity contribution in [3.05, 3.63) is 28.8 Å². The van der Waals surface area contributed by atoms with Gasteiger partial charge in [0.05, 0.1) is 16.2 Å². The van der Waals surface area contributed by atoms with Gasteiger partial charge in [-0.3, -0.25) is 0 Å². The summed E-state index contributed by atoms with van der Waals surface area (Å²) >= 11 is 6.02. The van der Waals surface area contributed by atoms with Crippen molar-refractivity contribution in [2.24, 2.45) is 0 Å². The first-order valence-electron chi connectivity index (χ1n) is 4.97. The van der Waals surface area contributed by atoms with Crippen LogP contribution in [0.5, 0.6) is 0 Å². The molecule has 0 fully saturated rings. The van der Waals surface area contributed by atoms with Crippen LogP contribution in [0.3, 0.4) is 0 Å². The number of fused-ring (bicyclic) bond motifs is 1. The standard InChI is InChI=1S/C11H13ClO3S/c1-11(2,13)7-6-16(14,15)9-5-3-4-8(12)10(7)9/h3-5,7,13H,6H2,1-2H3. The lowest BCUT2D eigenvalue weighted by molar-refractivity contribution is 0.0575. The number of benzene rings is 1. The molecule has 1 aromatic carbocycles. The highest BCUT2D eigenvalue weighted by atomic mass is 35.5. The van der Waals surface area contributed by atoms with E-state index in [0.717, 1.165) is 0 Å². The lowest BCUT2D eigenvalue weighted by Gasteiger charge is -2.25. The zero-order valence-electron chi connectivity index (χ0n) is 9.07. The smallest absolute Gasteiger partial charge is 0.179 e. The average Bonchev–Trinajstić information content (AvgIpc) is 2.39. The summed E-state index contributed by atoms with van der Waals surface area (Å²) in [5.41, 5.74) is -0.541. The second kappa shape index (κ2) is 3.45. The summed E-state index contributed by atoms with van der Waals surface area (Å²) in [4.78, 5) is 0.257. The Morgan fingerprint density at radius 2 is 2.06 bits per heavy atom. The second-order valence-electron chi connectivity index (χ2n) is 4.64. The number of sulfone groups is 1. The maximum absolute atomic E-state index is 11.9.